The number of hydrogen-bond acceptors (Lipinski definition) is 6. The molecule has 0 aromatic heterocycles. The predicted octanol–water partition coefficient (Wildman–Crippen LogP) is 5.12. The van der Waals surface area contributed by atoms with Crippen LogP contribution in [0.4, 0.5) is 11.4 Å². The van der Waals surface area contributed by atoms with E-state index in [-0.39, 0.29) is 35.3 Å². The number of hydrogen-bond donors (Lipinski definition) is 2. The van der Waals surface area contributed by atoms with Crippen LogP contribution in [0.5, 0.6) is 5.75 Å². The van der Waals surface area contributed by atoms with Gasteiger partial charge in [0.05, 0.1) is 7.11 Å². The molecule has 1 heterocycles. The molecule has 0 saturated heterocycles. The summed E-state index contributed by atoms with van der Waals surface area (Å²) in [5.74, 6) is 0.435. The molecule has 1 aliphatic heterocycles. The van der Waals surface area contributed by atoms with Gasteiger partial charge in [0.15, 0.2) is 0 Å². The van der Waals surface area contributed by atoms with Crippen LogP contribution in [-0.2, 0) is 14.4 Å². The molecule has 34 heavy (non-hydrogen) atoms. The van der Waals surface area contributed by atoms with Crippen molar-refractivity contribution < 1.29 is 19.1 Å². The van der Waals surface area contributed by atoms with Crippen molar-refractivity contribution in [2.24, 2.45) is 11.8 Å². The summed E-state index contributed by atoms with van der Waals surface area (Å²) >= 11 is 1.23. The molecule has 0 bridgehead atoms. The van der Waals surface area contributed by atoms with Crippen LogP contribution in [0.3, 0.4) is 0 Å². The van der Waals surface area contributed by atoms with Gasteiger partial charge in [0.2, 0.25) is 5.91 Å². The minimum atomic E-state index is -0.338. The Morgan fingerprint density at radius 2 is 1.53 bits per heavy atom. The number of carbonyl (C=O) groups is 3. The molecule has 0 radical (unpaired) electrons. The number of imide groups is 1. The molecule has 7 nitrogen and oxygen atoms in total. The summed E-state index contributed by atoms with van der Waals surface area (Å²) in [4.78, 5) is 40.8. The van der Waals surface area contributed by atoms with Gasteiger partial charge in [-0.25, -0.2) is 0 Å². The van der Waals surface area contributed by atoms with Crippen molar-refractivity contribution in [3.8, 4) is 5.75 Å². The first-order valence-electron chi connectivity index (χ1n) is 11.3. The lowest BCUT2D eigenvalue weighted by atomic mass is 10.1. The number of carbonyl (C=O) groups excluding carboxylic acids is 3. The molecule has 0 atom stereocenters. The summed E-state index contributed by atoms with van der Waals surface area (Å²) in [5, 5.41) is 6.01. The Hall–Kier alpha value is -3.26. The number of nitrogens with one attached hydrogen (secondary N) is 2. The van der Waals surface area contributed by atoms with Gasteiger partial charge in [0, 0.05) is 29.2 Å². The lowest BCUT2D eigenvalue weighted by Gasteiger charge is -2.17. The first kappa shape index (κ1) is 25.4. The highest BCUT2D eigenvalue weighted by Gasteiger charge is 2.39. The highest BCUT2D eigenvalue weighted by atomic mass is 32.2. The second-order valence-electron chi connectivity index (χ2n) is 8.94. The van der Waals surface area contributed by atoms with E-state index in [0.717, 1.165) is 4.90 Å². The normalized spacial score (nSPS) is 13.8. The average molecular weight is 482 g/mol. The molecule has 3 amide bonds. The van der Waals surface area contributed by atoms with Crippen molar-refractivity contribution in [3.05, 3.63) is 59.1 Å². The van der Waals surface area contributed by atoms with E-state index in [1.54, 1.807) is 43.5 Å². The summed E-state index contributed by atoms with van der Waals surface area (Å²) < 4.78 is 5.19. The summed E-state index contributed by atoms with van der Waals surface area (Å²) in [6.07, 6.45) is 0.450. The Labute approximate surface area is 204 Å². The van der Waals surface area contributed by atoms with E-state index in [1.807, 2.05) is 39.8 Å². The van der Waals surface area contributed by atoms with E-state index < -0.39 is 0 Å². The zero-order valence-corrected chi connectivity index (χ0v) is 21.0. The third-order valence-corrected chi connectivity index (χ3v) is 6.07. The van der Waals surface area contributed by atoms with Crippen molar-refractivity contribution >= 4 is 40.9 Å². The maximum Gasteiger partial charge on any atom is 0.278 e. The van der Waals surface area contributed by atoms with Crippen molar-refractivity contribution in [2.75, 3.05) is 24.3 Å². The number of anilines is 2. The van der Waals surface area contributed by atoms with Crippen LogP contribution >= 0.6 is 11.8 Å². The maximum atomic E-state index is 13.2. The third kappa shape index (κ3) is 6.41. The molecule has 180 valence electrons. The van der Waals surface area contributed by atoms with Gasteiger partial charge in [-0.15, -0.1) is 0 Å². The van der Waals surface area contributed by atoms with Crippen LogP contribution < -0.4 is 15.4 Å². The summed E-state index contributed by atoms with van der Waals surface area (Å²) in [6, 6.07) is 14.4. The van der Waals surface area contributed by atoms with Gasteiger partial charge in [0.25, 0.3) is 11.8 Å². The van der Waals surface area contributed by atoms with Crippen molar-refractivity contribution in [3.63, 3.8) is 0 Å². The van der Waals surface area contributed by atoms with Gasteiger partial charge in [0.1, 0.15) is 16.4 Å². The Balaban J connectivity index is 1.83. The van der Waals surface area contributed by atoms with Gasteiger partial charge in [-0.05, 0) is 60.4 Å². The van der Waals surface area contributed by atoms with E-state index in [9.17, 15) is 14.4 Å². The molecular formula is C26H31N3O4S. The third-order valence-electron chi connectivity index (χ3n) is 4.98. The minimum absolute atomic E-state index is 0.0371. The second kappa shape index (κ2) is 11.2. The van der Waals surface area contributed by atoms with Crippen molar-refractivity contribution in [1.82, 2.24) is 4.90 Å². The quantitative estimate of drug-likeness (QED) is 0.458. The lowest BCUT2D eigenvalue weighted by molar-refractivity contribution is -0.137. The Bertz CT molecular complexity index is 1080. The number of nitrogens with zero attached hydrogens (tertiary/aromatic N) is 1. The van der Waals surface area contributed by atoms with Crippen molar-refractivity contribution in [1.29, 1.82) is 0 Å². The number of amides is 3. The van der Waals surface area contributed by atoms with E-state index in [1.165, 1.54) is 16.7 Å². The first-order valence-corrected chi connectivity index (χ1v) is 12.1. The topological polar surface area (TPSA) is 87.7 Å². The molecule has 2 aromatic carbocycles. The zero-order chi connectivity index (χ0) is 24.8. The van der Waals surface area contributed by atoms with Gasteiger partial charge in [-0.2, -0.15) is 0 Å². The molecule has 8 heteroatoms. The maximum absolute atomic E-state index is 13.2. The number of rotatable bonds is 10. The monoisotopic (exact) mass is 481 g/mol. The van der Waals surface area contributed by atoms with E-state index >= 15 is 0 Å². The average Bonchev–Trinajstić information content (AvgIpc) is 2.99. The second-order valence-corrected chi connectivity index (χ2v) is 10.0. The van der Waals surface area contributed by atoms with Gasteiger partial charge >= 0.3 is 0 Å². The molecule has 0 aliphatic carbocycles. The highest BCUT2D eigenvalue weighted by molar-refractivity contribution is 8.04. The minimum Gasteiger partial charge on any atom is -0.497 e. The van der Waals surface area contributed by atoms with Crippen molar-refractivity contribution in [2.45, 2.75) is 39.0 Å². The molecule has 2 N–H and O–H groups in total. The van der Waals surface area contributed by atoms with Crippen LogP contribution in [0.25, 0.3) is 0 Å². The predicted molar refractivity (Wildman–Crippen MR) is 136 cm³/mol. The molecule has 1 aliphatic rings. The van der Waals surface area contributed by atoms with E-state index in [0.29, 0.717) is 35.0 Å². The molecule has 0 saturated carbocycles. The Kier molecular flexibility index (Phi) is 8.39. The number of ether oxygens (including phenoxy) is 1. The van der Waals surface area contributed by atoms with Crippen LogP contribution in [-0.4, -0.2) is 36.3 Å². The van der Waals surface area contributed by atoms with Gasteiger partial charge < -0.3 is 15.4 Å². The molecule has 3 rings (SSSR count). The molecule has 0 unspecified atom stereocenters. The van der Waals surface area contributed by atoms with Crippen LogP contribution in [0.1, 0.15) is 34.1 Å². The molecule has 0 spiro atoms. The Morgan fingerprint density at radius 3 is 2.09 bits per heavy atom. The highest BCUT2D eigenvalue weighted by Crippen LogP contribution is 2.36. The lowest BCUT2D eigenvalue weighted by Crippen LogP contribution is -2.35. The van der Waals surface area contributed by atoms with Gasteiger partial charge in [-0.1, -0.05) is 39.5 Å². The van der Waals surface area contributed by atoms with Crippen LogP contribution in [0, 0.1) is 11.8 Å². The van der Waals surface area contributed by atoms with Gasteiger partial charge in [-0.3, -0.25) is 19.3 Å². The fourth-order valence-electron chi connectivity index (χ4n) is 3.42. The van der Waals surface area contributed by atoms with Crippen LogP contribution in [0.2, 0.25) is 0 Å². The number of thioether (sulfide) groups is 1. The number of benzene rings is 2. The van der Waals surface area contributed by atoms with Crippen LogP contribution in [0.15, 0.2) is 64.0 Å². The smallest absolute Gasteiger partial charge is 0.278 e. The molecule has 2 aromatic rings. The molecular weight excluding hydrogens is 450 g/mol. The molecule has 0 fully saturated rings. The Morgan fingerprint density at radius 1 is 0.912 bits per heavy atom. The largest absolute Gasteiger partial charge is 0.497 e. The fourth-order valence-corrected chi connectivity index (χ4v) is 4.36. The van der Waals surface area contributed by atoms with E-state index in [4.69, 9.17) is 4.74 Å². The zero-order valence-electron chi connectivity index (χ0n) is 20.2. The first-order chi connectivity index (χ1) is 16.2. The SMILES string of the molecule is COc1ccc(NC2=C(Sc3ccc(NC(=O)CC(C)C)cc3)C(=O)N(CC(C)C)C2=O)cc1. The summed E-state index contributed by atoms with van der Waals surface area (Å²) in [5.41, 5.74) is 1.63. The summed E-state index contributed by atoms with van der Waals surface area (Å²) in [6.45, 7) is 8.26. The van der Waals surface area contributed by atoms with E-state index in [2.05, 4.69) is 10.6 Å². The standard InChI is InChI=1S/C26H31N3O4S/c1-16(2)14-22(30)27-18-8-12-21(13-9-18)34-24-23(25(31)29(26(24)32)15-17(3)4)28-19-6-10-20(33-5)11-7-19/h6-13,16-17,28H,14-15H2,1-5H3,(H,27,30). The summed E-state index contributed by atoms with van der Waals surface area (Å²) in [7, 11) is 1.59. The fraction of sp³-hybridized carbons (Fsp3) is 0.346. The number of methoxy groups -OCH3 is 1.